The van der Waals surface area contributed by atoms with E-state index < -0.39 is 5.25 Å². The topological polar surface area (TPSA) is 71.1 Å². The molecule has 0 saturated carbocycles. The summed E-state index contributed by atoms with van der Waals surface area (Å²) < 4.78 is 0. The SMILES string of the molecule is O=C(Cc1ccccc1)Nc1ccc(SC(C(=O)Nc2nc(-c3ccc(Cl)cc3)cs2)c2ccccc2)cc1. The fraction of sp³-hybridized carbons (Fsp3) is 0.0645. The predicted molar refractivity (Wildman–Crippen MR) is 161 cm³/mol. The Morgan fingerprint density at radius 2 is 1.49 bits per heavy atom. The van der Waals surface area contributed by atoms with Crippen molar-refractivity contribution in [3.8, 4) is 11.3 Å². The second kappa shape index (κ2) is 12.8. The van der Waals surface area contributed by atoms with E-state index in [0.717, 1.165) is 27.3 Å². The molecule has 4 aromatic carbocycles. The second-order valence-electron chi connectivity index (χ2n) is 8.68. The normalized spacial score (nSPS) is 11.5. The van der Waals surface area contributed by atoms with Crippen molar-refractivity contribution >= 4 is 57.3 Å². The van der Waals surface area contributed by atoms with Gasteiger partial charge in [-0.3, -0.25) is 9.59 Å². The first-order valence-corrected chi connectivity index (χ1v) is 14.3. The lowest BCUT2D eigenvalue weighted by Gasteiger charge is -2.16. The van der Waals surface area contributed by atoms with E-state index in [4.69, 9.17) is 11.6 Å². The molecule has 1 atom stereocenters. The number of benzene rings is 4. The minimum atomic E-state index is -0.493. The first-order valence-electron chi connectivity index (χ1n) is 12.2. The van der Waals surface area contributed by atoms with Gasteiger partial charge in [-0.2, -0.15) is 0 Å². The molecule has 0 aliphatic heterocycles. The molecule has 1 aromatic heterocycles. The molecule has 1 unspecified atom stereocenters. The molecule has 194 valence electrons. The lowest BCUT2D eigenvalue weighted by molar-refractivity contribution is -0.116. The van der Waals surface area contributed by atoms with Crippen LogP contribution in [0.3, 0.4) is 0 Å². The molecule has 0 aliphatic rings. The van der Waals surface area contributed by atoms with Crippen LogP contribution in [0.15, 0.2) is 119 Å². The summed E-state index contributed by atoms with van der Waals surface area (Å²) in [4.78, 5) is 31.4. The average molecular weight is 570 g/mol. The molecule has 5 nitrogen and oxygen atoms in total. The molecular weight excluding hydrogens is 546 g/mol. The Hall–Kier alpha value is -3.91. The molecule has 2 N–H and O–H groups in total. The number of carbonyl (C=O) groups is 2. The summed E-state index contributed by atoms with van der Waals surface area (Å²) >= 11 is 8.82. The van der Waals surface area contributed by atoms with E-state index in [-0.39, 0.29) is 11.8 Å². The zero-order valence-corrected chi connectivity index (χ0v) is 23.1. The van der Waals surface area contributed by atoms with Crippen LogP contribution in [0.2, 0.25) is 5.02 Å². The van der Waals surface area contributed by atoms with Crippen LogP contribution in [-0.4, -0.2) is 16.8 Å². The molecule has 2 amide bonds. The van der Waals surface area contributed by atoms with Crippen LogP contribution in [0, 0.1) is 0 Å². The quantitative estimate of drug-likeness (QED) is 0.176. The van der Waals surface area contributed by atoms with E-state index in [1.54, 1.807) is 0 Å². The number of carbonyl (C=O) groups excluding carboxylic acids is 2. The Labute approximate surface area is 240 Å². The maximum atomic E-state index is 13.5. The van der Waals surface area contributed by atoms with Crippen molar-refractivity contribution in [2.24, 2.45) is 0 Å². The molecule has 0 fully saturated rings. The summed E-state index contributed by atoms with van der Waals surface area (Å²) in [6, 6.07) is 34.2. The number of anilines is 2. The Bertz CT molecular complexity index is 1540. The maximum Gasteiger partial charge on any atom is 0.244 e. The molecular formula is C31H24ClN3O2S2. The number of thiazole rings is 1. The van der Waals surface area contributed by atoms with Gasteiger partial charge in [-0.1, -0.05) is 84.4 Å². The summed E-state index contributed by atoms with van der Waals surface area (Å²) in [6.45, 7) is 0. The van der Waals surface area contributed by atoms with Crippen LogP contribution in [-0.2, 0) is 16.0 Å². The number of hydrogen-bond acceptors (Lipinski definition) is 5. The van der Waals surface area contributed by atoms with Gasteiger partial charge in [0.25, 0.3) is 0 Å². The van der Waals surface area contributed by atoms with Crippen molar-refractivity contribution in [1.82, 2.24) is 4.98 Å². The molecule has 0 saturated heterocycles. The molecule has 0 bridgehead atoms. The minimum Gasteiger partial charge on any atom is -0.326 e. The van der Waals surface area contributed by atoms with E-state index in [1.807, 2.05) is 115 Å². The summed E-state index contributed by atoms with van der Waals surface area (Å²) in [6.07, 6.45) is 0.310. The highest BCUT2D eigenvalue weighted by molar-refractivity contribution is 8.00. The number of aromatic nitrogens is 1. The van der Waals surface area contributed by atoms with Crippen LogP contribution in [0.5, 0.6) is 0 Å². The Morgan fingerprint density at radius 1 is 0.821 bits per heavy atom. The second-order valence-corrected chi connectivity index (χ2v) is 11.2. The molecule has 0 radical (unpaired) electrons. The van der Waals surface area contributed by atoms with E-state index in [9.17, 15) is 9.59 Å². The summed E-state index contributed by atoms with van der Waals surface area (Å²) in [5.74, 6) is -0.243. The van der Waals surface area contributed by atoms with Crippen LogP contribution >= 0.6 is 34.7 Å². The van der Waals surface area contributed by atoms with Crippen LogP contribution in [0.1, 0.15) is 16.4 Å². The molecule has 0 aliphatic carbocycles. The molecule has 5 rings (SSSR count). The highest BCUT2D eigenvalue weighted by Gasteiger charge is 2.23. The van der Waals surface area contributed by atoms with Crippen LogP contribution in [0.4, 0.5) is 10.8 Å². The lowest BCUT2D eigenvalue weighted by atomic mass is 10.1. The van der Waals surface area contributed by atoms with Crippen molar-refractivity contribution in [3.63, 3.8) is 0 Å². The molecule has 0 spiro atoms. The van der Waals surface area contributed by atoms with Crippen molar-refractivity contribution in [2.75, 3.05) is 10.6 Å². The number of halogens is 1. The van der Waals surface area contributed by atoms with Gasteiger partial charge in [-0.05, 0) is 47.5 Å². The van der Waals surface area contributed by atoms with Crippen molar-refractivity contribution in [1.29, 1.82) is 0 Å². The largest absolute Gasteiger partial charge is 0.326 e. The third kappa shape index (κ3) is 7.35. The third-order valence-electron chi connectivity index (χ3n) is 5.81. The smallest absolute Gasteiger partial charge is 0.244 e. The van der Waals surface area contributed by atoms with Gasteiger partial charge < -0.3 is 10.6 Å². The number of amides is 2. The molecule has 8 heteroatoms. The Balaban J connectivity index is 1.26. The highest BCUT2D eigenvalue weighted by atomic mass is 35.5. The average Bonchev–Trinajstić information content (AvgIpc) is 3.42. The minimum absolute atomic E-state index is 0.0791. The van der Waals surface area contributed by atoms with E-state index in [0.29, 0.717) is 22.3 Å². The Morgan fingerprint density at radius 3 is 2.18 bits per heavy atom. The van der Waals surface area contributed by atoms with Gasteiger partial charge in [0.15, 0.2) is 5.13 Å². The van der Waals surface area contributed by atoms with Crippen molar-refractivity contribution < 1.29 is 9.59 Å². The van der Waals surface area contributed by atoms with E-state index >= 15 is 0 Å². The third-order valence-corrected chi connectivity index (χ3v) is 8.09. The van der Waals surface area contributed by atoms with Gasteiger partial charge in [0.05, 0.1) is 12.1 Å². The van der Waals surface area contributed by atoms with Gasteiger partial charge in [0, 0.05) is 26.5 Å². The van der Waals surface area contributed by atoms with Gasteiger partial charge in [-0.25, -0.2) is 4.98 Å². The summed E-state index contributed by atoms with van der Waals surface area (Å²) in [5, 5.41) is 8.53. The fourth-order valence-electron chi connectivity index (χ4n) is 3.90. The lowest BCUT2D eigenvalue weighted by Crippen LogP contribution is -2.19. The van der Waals surface area contributed by atoms with Gasteiger partial charge in [0.1, 0.15) is 5.25 Å². The summed E-state index contributed by atoms with van der Waals surface area (Å²) in [5.41, 5.74) is 4.26. The van der Waals surface area contributed by atoms with Gasteiger partial charge in [0.2, 0.25) is 11.8 Å². The van der Waals surface area contributed by atoms with Crippen molar-refractivity contribution in [2.45, 2.75) is 16.6 Å². The number of rotatable bonds is 9. The van der Waals surface area contributed by atoms with Gasteiger partial charge >= 0.3 is 0 Å². The monoisotopic (exact) mass is 569 g/mol. The number of thioether (sulfide) groups is 1. The molecule has 5 aromatic rings. The van der Waals surface area contributed by atoms with Crippen LogP contribution < -0.4 is 10.6 Å². The first kappa shape index (κ1) is 26.7. The number of nitrogens with zero attached hydrogens (tertiary/aromatic N) is 1. The van der Waals surface area contributed by atoms with Gasteiger partial charge in [-0.15, -0.1) is 23.1 Å². The van der Waals surface area contributed by atoms with E-state index in [2.05, 4.69) is 15.6 Å². The fourth-order valence-corrected chi connectivity index (χ4v) is 5.77. The van der Waals surface area contributed by atoms with Crippen LogP contribution in [0.25, 0.3) is 11.3 Å². The zero-order valence-electron chi connectivity index (χ0n) is 20.7. The summed E-state index contributed by atoms with van der Waals surface area (Å²) in [7, 11) is 0. The highest BCUT2D eigenvalue weighted by Crippen LogP contribution is 2.37. The number of hydrogen-bond donors (Lipinski definition) is 2. The predicted octanol–water partition coefficient (Wildman–Crippen LogP) is 8.12. The number of nitrogens with one attached hydrogen (secondary N) is 2. The molecule has 1 heterocycles. The Kier molecular flexibility index (Phi) is 8.73. The standard InChI is InChI=1S/C31H24ClN3O2S2/c32-24-13-11-22(12-14-24)27-20-38-31(34-27)35-30(37)29(23-9-5-2-6-10-23)39-26-17-15-25(16-18-26)33-28(36)19-21-7-3-1-4-8-21/h1-18,20,29H,19H2,(H,33,36)(H,34,35,37). The first-order chi connectivity index (χ1) is 19.0. The maximum absolute atomic E-state index is 13.5. The molecule has 39 heavy (non-hydrogen) atoms. The van der Waals surface area contributed by atoms with E-state index in [1.165, 1.54) is 23.1 Å². The zero-order chi connectivity index (χ0) is 27.0. The van der Waals surface area contributed by atoms with Crippen molar-refractivity contribution in [3.05, 3.63) is 131 Å².